The molecule has 1 aromatic heterocycles. The third-order valence-electron chi connectivity index (χ3n) is 4.89. The van der Waals surface area contributed by atoms with Crippen LogP contribution in [0.2, 0.25) is 0 Å². The lowest BCUT2D eigenvalue weighted by atomic mass is 10.0. The zero-order valence-corrected chi connectivity index (χ0v) is 18.0. The minimum Gasteiger partial charge on any atom is -0.465 e. The molecule has 1 aliphatic heterocycles. The lowest BCUT2D eigenvalue weighted by Crippen LogP contribution is -2.32. The van der Waals surface area contributed by atoms with E-state index in [0.717, 1.165) is 49.9 Å². The van der Waals surface area contributed by atoms with Gasteiger partial charge in [0.05, 0.1) is 13.2 Å². The van der Waals surface area contributed by atoms with Gasteiger partial charge in [-0.05, 0) is 43.7 Å². The first-order valence-electron chi connectivity index (χ1n) is 10.1. The van der Waals surface area contributed by atoms with Crippen LogP contribution in [0.25, 0.3) is 0 Å². The van der Waals surface area contributed by atoms with Gasteiger partial charge in [-0.3, -0.25) is 4.79 Å². The first kappa shape index (κ1) is 22.2. The van der Waals surface area contributed by atoms with E-state index in [-0.39, 0.29) is 17.9 Å². The highest BCUT2D eigenvalue weighted by atomic mass is 32.1. The molecule has 0 bridgehead atoms. The number of hydrogen-bond acceptors (Lipinski definition) is 4. The smallest absolute Gasteiger partial charge is 0.348 e. The topological polar surface area (TPSA) is 46.6 Å². The Labute approximate surface area is 173 Å². The Bertz CT molecular complexity index is 741. The number of hydrogen-bond donors (Lipinski definition) is 0. The summed E-state index contributed by atoms with van der Waals surface area (Å²) in [6.07, 6.45) is 10.6. The quantitative estimate of drug-likeness (QED) is 0.338. The highest BCUT2D eigenvalue weighted by Crippen LogP contribution is 2.23. The maximum absolute atomic E-state index is 12.2. The van der Waals surface area contributed by atoms with E-state index in [0.29, 0.717) is 17.2 Å². The number of carbonyl (C=O) groups is 2. The van der Waals surface area contributed by atoms with Gasteiger partial charge < -0.3 is 9.64 Å². The number of allylic oxidation sites excluding steroid dienone is 1. The summed E-state index contributed by atoms with van der Waals surface area (Å²) < 4.78 is 4.75. The van der Waals surface area contributed by atoms with Crippen molar-refractivity contribution < 1.29 is 14.3 Å². The second-order valence-electron chi connectivity index (χ2n) is 7.23. The molecule has 0 aliphatic carbocycles. The van der Waals surface area contributed by atoms with E-state index < -0.39 is 0 Å². The summed E-state index contributed by atoms with van der Waals surface area (Å²) in [7, 11) is 1.40. The highest BCUT2D eigenvalue weighted by molar-refractivity contribution is 7.13. The Morgan fingerprint density at radius 2 is 2.25 bits per heavy atom. The summed E-state index contributed by atoms with van der Waals surface area (Å²) in [5.74, 6) is 6.84. The van der Waals surface area contributed by atoms with Crippen molar-refractivity contribution in [2.45, 2.75) is 64.8 Å². The number of carbonyl (C=O) groups excluding carboxylic acids is 2. The minimum atomic E-state index is -0.286. The normalized spacial score (nSPS) is 17.6. The molecule has 2 rings (SSSR count). The monoisotopic (exact) mass is 401 g/mol. The van der Waals surface area contributed by atoms with Crippen LogP contribution in [0.4, 0.5) is 0 Å². The van der Waals surface area contributed by atoms with Crippen LogP contribution in [0.15, 0.2) is 24.3 Å². The number of aryl methyl sites for hydroxylation is 1. The zero-order valence-electron chi connectivity index (χ0n) is 17.2. The van der Waals surface area contributed by atoms with Gasteiger partial charge in [0.15, 0.2) is 0 Å². The molecule has 0 aromatic carbocycles. The third kappa shape index (κ3) is 6.83. The molecule has 2 heterocycles. The van der Waals surface area contributed by atoms with E-state index in [1.54, 1.807) is 0 Å². The van der Waals surface area contributed by atoms with Crippen molar-refractivity contribution >= 4 is 23.2 Å². The summed E-state index contributed by atoms with van der Waals surface area (Å²) in [6.45, 7) is 5.05. The number of methoxy groups -OCH3 is 1. The van der Waals surface area contributed by atoms with Gasteiger partial charge in [-0.1, -0.05) is 26.0 Å². The van der Waals surface area contributed by atoms with Crippen molar-refractivity contribution in [1.29, 1.82) is 0 Å². The Morgan fingerprint density at radius 1 is 1.43 bits per heavy atom. The van der Waals surface area contributed by atoms with Gasteiger partial charge in [0.25, 0.3) is 0 Å². The molecule has 1 aliphatic rings. The van der Waals surface area contributed by atoms with Crippen LogP contribution in [-0.4, -0.2) is 36.5 Å². The molecule has 1 amide bonds. The van der Waals surface area contributed by atoms with Crippen molar-refractivity contribution in [3.05, 3.63) is 34.0 Å². The van der Waals surface area contributed by atoms with E-state index in [1.165, 1.54) is 18.4 Å². The number of thiophene rings is 1. The third-order valence-corrected chi connectivity index (χ3v) is 6.02. The number of amides is 1. The average Bonchev–Trinajstić information content (AvgIpc) is 3.29. The van der Waals surface area contributed by atoms with Gasteiger partial charge in [0, 0.05) is 30.7 Å². The molecule has 0 N–H and O–H groups in total. The molecule has 5 heteroatoms. The number of likely N-dealkylation sites (tertiary alicyclic amines) is 1. The van der Waals surface area contributed by atoms with Crippen LogP contribution in [-0.2, 0) is 16.0 Å². The average molecular weight is 402 g/mol. The van der Waals surface area contributed by atoms with E-state index in [1.807, 2.05) is 17.0 Å². The summed E-state index contributed by atoms with van der Waals surface area (Å²) >= 11 is 1.47. The SMILES string of the molecule is CCC#CCC(C)C/C=C/C1CCC(=O)N1CCCc1ccc(C(=O)OC)s1. The van der Waals surface area contributed by atoms with Gasteiger partial charge in [-0.25, -0.2) is 4.79 Å². The molecule has 2 unspecified atom stereocenters. The fourth-order valence-corrected chi connectivity index (χ4v) is 4.28. The molecule has 0 radical (unpaired) electrons. The van der Waals surface area contributed by atoms with Crippen molar-refractivity contribution in [3.8, 4) is 11.8 Å². The van der Waals surface area contributed by atoms with E-state index >= 15 is 0 Å². The van der Waals surface area contributed by atoms with E-state index in [9.17, 15) is 9.59 Å². The Balaban J connectivity index is 1.79. The standard InChI is InChI=1S/C23H31NO3S/c1-4-5-6-9-18(2)10-7-11-19-13-16-22(25)24(19)17-8-12-20-14-15-21(28-20)23(26)27-3/h7,11,14-15,18-19H,4,8-10,12-13,16-17H2,1-3H3/b11-7+. The first-order chi connectivity index (χ1) is 13.5. The van der Waals surface area contributed by atoms with Crippen LogP contribution in [0.1, 0.15) is 66.9 Å². The molecule has 0 saturated carbocycles. The molecule has 1 saturated heterocycles. The molecule has 28 heavy (non-hydrogen) atoms. The molecule has 1 fully saturated rings. The predicted molar refractivity (Wildman–Crippen MR) is 114 cm³/mol. The maximum Gasteiger partial charge on any atom is 0.348 e. The molecule has 0 spiro atoms. The fourth-order valence-electron chi connectivity index (χ4n) is 3.32. The fraction of sp³-hybridized carbons (Fsp3) is 0.565. The summed E-state index contributed by atoms with van der Waals surface area (Å²) in [5.41, 5.74) is 0. The Kier molecular flexibility index (Phi) is 9.30. The van der Waals surface area contributed by atoms with Crippen molar-refractivity contribution in [3.63, 3.8) is 0 Å². The second kappa shape index (κ2) is 11.7. The lowest BCUT2D eigenvalue weighted by Gasteiger charge is -2.22. The predicted octanol–water partition coefficient (Wildman–Crippen LogP) is 4.84. The van der Waals surface area contributed by atoms with Gasteiger partial charge >= 0.3 is 5.97 Å². The highest BCUT2D eigenvalue weighted by Gasteiger charge is 2.28. The molecular formula is C23H31NO3S. The zero-order chi connectivity index (χ0) is 20.4. The first-order valence-corrected chi connectivity index (χ1v) is 11.0. The van der Waals surface area contributed by atoms with Crippen LogP contribution in [0, 0.1) is 17.8 Å². The molecule has 4 nitrogen and oxygen atoms in total. The molecule has 1 aromatic rings. The number of nitrogens with zero attached hydrogens (tertiary/aromatic N) is 1. The van der Waals surface area contributed by atoms with Crippen LogP contribution in [0.5, 0.6) is 0 Å². The van der Waals surface area contributed by atoms with Crippen molar-refractivity contribution in [1.82, 2.24) is 4.90 Å². The Hall–Kier alpha value is -2.06. The Morgan fingerprint density at radius 3 is 3.00 bits per heavy atom. The van der Waals surface area contributed by atoms with Gasteiger partial charge in [0.1, 0.15) is 4.88 Å². The van der Waals surface area contributed by atoms with Crippen molar-refractivity contribution in [2.24, 2.45) is 5.92 Å². The maximum atomic E-state index is 12.2. The van der Waals surface area contributed by atoms with E-state index in [2.05, 4.69) is 37.8 Å². The lowest BCUT2D eigenvalue weighted by molar-refractivity contribution is -0.128. The number of esters is 1. The van der Waals surface area contributed by atoms with Crippen LogP contribution >= 0.6 is 11.3 Å². The molecule has 2 atom stereocenters. The second-order valence-corrected chi connectivity index (χ2v) is 8.40. The van der Waals surface area contributed by atoms with Gasteiger partial charge in [0.2, 0.25) is 5.91 Å². The number of ether oxygens (including phenoxy) is 1. The number of rotatable bonds is 9. The van der Waals surface area contributed by atoms with E-state index in [4.69, 9.17) is 4.74 Å². The van der Waals surface area contributed by atoms with Gasteiger partial charge in [-0.2, -0.15) is 0 Å². The van der Waals surface area contributed by atoms with Gasteiger partial charge in [-0.15, -0.1) is 23.2 Å². The van der Waals surface area contributed by atoms with Crippen LogP contribution in [0.3, 0.4) is 0 Å². The summed E-state index contributed by atoms with van der Waals surface area (Å²) in [6, 6.07) is 4.00. The largest absolute Gasteiger partial charge is 0.465 e. The molecule has 152 valence electrons. The molecular weight excluding hydrogens is 370 g/mol. The minimum absolute atomic E-state index is 0.218. The van der Waals surface area contributed by atoms with Crippen LogP contribution < -0.4 is 0 Å². The summed E-state index contributed by atoms with van der Waals surface area (Å²) in [5, 5.41) is 0. The van der Waals surface area contributed by atoms with Crippen molar-refractivity contribution in [2.75, 3.05) is 13.7 Å². The summed E-state index contributed by atoms with van der Waals surface area (Å²) in [4.78, 5) is 27.6.